The van der Waals surface area contributed by atoms with Gasteiger partial charge in [0.25, 0.3) is 0 Å². The molecule has 24 heavy (non-hydrogen) atoms. The van der Waals surface area contributed by atoms with Crippen molar-refractivity contribution in [1.82, 2.24) is 10.6 Å². The zero-order chi connectivity index (χ0) is 17.4. The normalized spacial score (nSPS) is 11.9. The Bertz CT molecular complexity index is 628. The molecule has 5 heteroatoms. The van der Waals surface area contributed by atoms with Gasteiger partial charge in [-0.15, -0.1) is 0 Å². The summed E-state index contributed by atoms with van der Waals surface area (Å²) in [7, 11) is 3.60. The van der Waals surface area contributed by atoms with Crippen molar-refractivity contribution in [2.24, 2.45) is 0 Å². The highest BCUT2D eigenvalue weighted by Gasteiger charge is 2.27. The maximum absolute atomic E-state index is 9.83. The molecule has 3 N–H and O–H groups in total. The van der Waals surface area contributed by atoms with Gasteiger partial charge in [0.1, 0.15) is 6.10 Å². The van der Waals surface area contributed by atoms with Crippen LogP contribution in [0.1, 0.15) is 23.7 Å². The lowest BCUT2D eigenvalue weighted by Crippen LogP contribution is -2.24. The summed E-state index contributed by atoms with van der Waals surface area (Å²) in [4.78, 5) is 9.83. The monoisotopic (exact) mass is 328 g/mol. The Labute approximate surface area is 142 Å². The third kappa shape index (κ3) is 4.34. The third-order valence-electron chi connectivity index (χ3n) is 3.89. The summed E-state index contributed by atoms with van der Waals surface area (Å²) in [5, 5.41) is 13.2. The molecule has 0 saturated heterocycles. The van der Waals surface area contributed by atoms with Crippen LogP contribution in [-0.4, -0.2) is 38.4 Å². The fourth-order valence-electron chi connectivity index (χ4n) is 2.82. The predicted molar refractivity (Wildman–Crippen MR) is 95.3 cm³/mol. The van der Waals surface area contributed by atoms with Gasteiger partial charge in [-0.2, -0.15) is 0 Å². The molecule has 0 fully saturated rings. The number of methoxy groups -OCH3 is 1. The van der Waals surface area contributed by atoms with Crippen LogP contribution in [0, 0.1) is 0 Å². The number of benzene rings is 2. The highest BCUT2D eigenvalue weighted by Crippen LogP contribution is 2.44. The maximum Gasteiger partial charge on any atom is 0.404 e. The van der Waals surface area contributed by atoms with E-state index in [9.17, 15) is 4.79 Å². The van der Waals surface area contributed by atoms with Crippen molar-refractivity contribution >= 4 is 6.09 Å². The van der Waals surface area contributed by atoms with E-state index >= 15 is 0 Å². The van der Waals surface area contributed by atoms with Crippen LogP contribution in [0.2, 0.25) is 0 Å². The molecule has 2 aromatic rings. The van der Waals surface area contributed by atoms with Crippen LogP contribution in [0.3, 0.4) is 0 Å². The minimum Gasteiger partial charge on any atom is -0.465 e. The SMILES string of the molecule is CNCCCNC(=O)O.COC1c2ccccc2-c2ccccc21. The number of amides is 1. The van der Waals surface area contributed by atoms with Gasteiger partial charge in [-0.1, -0.05) is 48.5 Å². The van der Waals surface area contributed by atoms with Gasteiger partial charge in [0.15, 0.2) is 0 Å². The molecule has 5 nitrogen and oxygen atoms in total. The molecular weight excluding hydrogens is 304 g/mol. The van der Waals surface area contributed by atoms with Crippen molar-refractivity contribution in [3.8, 4) is 11.1 Å². The van der Waals surface area contributed by atoms with E-state index in [2.05, 4.69) is 59.2 Å². The quantitative estimate of drug-likeness (QED) is 0.737. The average Bonchev–Trinajstić information content (AvgIpc) is 2.93. The predicted octanol–water partition coefficient (Wildman–Crippen LogP) is 3.27. The lowest BCUT2D eigenvalue weighted by atomic mass is 10.1. The van der Waals surface area contributed by atoms with Crippen molar-refractivity contribution < 1.29 is 14.6 Å². The van der Waals surface area contributed by atoms with Gasteiger partial charge in [0.2, 0.25) is 0 Å². The molecular formula is C19H24N2O3. The number of hydrogen-bond acceptors (Lipinski definition) is 3. The van der Waals surface area contributed by atoms with Gasteiger partial charge >= 0.3 is 6.09 Å². The molecule has 0 radical (unpaired) electrons. The topological polar surface area (TPSA) is 70.6 Å². The molecule has 0 aromatic heterocycles. The summed E-state index contributed by atoms with van der Waals surface area (Å²) in [6.07, 6.45) is -0.00787. The molecule has 0 aliphatic heterocycles. The summed E-state index contributed by atoms with van der Waals surface area (Å²) in [5.41, 5.74) is 5.17. The number of carbonyl (C=O) groups is 1. The molecule has 2 aromatic carbocycles. The van der Waals surface area contributed by atoms with Crippen LogP contribution < -0.4 is 10.6 Å². The molecule has 1 aliphatic rings. The first kappa shape index (κ1) is 18.0. The van der Waals surface area contributed by atoms with Gasteiger partial charge in [0.05, 0.1) is 0 Å². The molecule has 0 unspecified atom stereocenters. The Morgan fingerprint density at radius 1 is 1.04 bits per heavy atom. The van der Waals surface area contributed by atoms with Crippen LogP contribution in [0.25, 0.3) is 11.1 Å². The zero-order valence-electron chi connectivity index (χ0n) is 14.1. The smallest absolute Gasteiger partial charge is 0.404 e. The Hall–Kier alpha value is -2.37. The van der Waals surface area contributed by atoms with Crippen LogP contribution in [0.5, 0.6) is 0 Å². The van der Waals surface area contributed by atoms with Crippen molar-refractivity contribution in [3.63, 3.8) is 0 Å². The highest BCUT2D eigenvalue weighted by atomic mass is 16.5. The second-order valence-corrected chi connectivity index (χ2v) is 5.48. The van der Waals surface area contributed by atoms with Crippen molar-refractivity contribution in [3.05, 3.63) is 59.7 Å². The summed E-state index contributed by atoms with van der Waals surface area (Å²) in [6, 6.07) is 16.9. The molecule has 1 aliphatic carbocycles. The van der Waals surface area contributed by atoms with Crippen molar-refractivity contribution in [2.75, 3.05) is 27.2 Å². The molecule has 128 valence electrons. The highest BCUT2D eigenvalue weighted by molar-refractivity contribution is 5.77. The van der Waals surface area contributed by atoms with E-state index in [4.69, 9.17) is 9.84 Å². The van der Waals surface area contributed by atoms with Crippen molar-refractivity contribution in [2.45, 2.75) is 12.5 Å². The molecule has 0 bridgehead atoms. The molecule has 0 saturated carbocycles. The number of nitrogens with one attached hydrogen (secondary N) is 2. The number of ether oxygens (including phenoxy) is 1. The van der Waals surface area contributed by atoms with Crippen LogP contribution in [-0.2, 0) is 4.74 Å². The zero-order valence-corrected chi connectivity index (χ0v) is 14.1. The van der Waals surface area contributed by atoms with E-state index in [1.807, 2.05) is 7.05 Å². The van der Waals surface area contributed by atoms with Crippen molar-refractivity contribution in [1.29, 1.82) is 0 Å². The summed E-state index contributed by atoms with van der Waals surface area (Å²) < 4.78 is 5.56. The first-order valence-electron chi connectivity index (χ1n) is 8.01. The van der Waals surface area contributed by atoms with Crippen LogP contribution in [0.15, 0.2) is 48.5 Å². The molecule has 1 amide bonds. The molecule has 3 rings (SSSR count). The minimum absolute atomic E-state index is 0.109. The summed E-state index contributed by atoms with van der Waals surface area (Å²) in [5.74, 6) is 0. The number of carboxylic acid groups (broad SMARTS) is 1. The largest absolute Gasteiger partial charge is 0.465 e. The average molecular weight is 328 g/mol. The minimum atomic E-state index is -0.953. The van der Waals surface area contributed by atoms with Gasteiger partial charge in [0, 0.05) is 13.7 Å². The van der Waals surface area contributed by atoms with E-state index in [1.165, 1.54) is 22.3 Å². The first-order valence-corrected chi connectivity index (χ1v) is 8.01. The van der Waals surface area contributed by atoms with E-state index < -0.39 is 6.09 Å². The Balaban J connectivity index is 0.000000202. The second kappa shape index (κ2) is 9.05. The molecule has 0 heterocycles. The standard InChI is InChI=1S/C14H12O.C5H12N2O2/c1-15-14-12-8-4-2-6-10(12)11-7-3-5-9-13(11)14;1-6-3-2-4-7-5(8)9/h2-9,14H,1H3;6-7H,2-4H2,1H3,(H,8,9). The maximum atomic E-state index is 9.83. The first-order chi connectivity index (χ1) is 11.7. The lowest BCUT2D eigenvalue weighted by molar-refractivity contribution is 0.140. The fourth-order valence-corrected chi connectivity index (χ4v) is 2.82. The van der Waals surface area contributed by atoms with Gasteiger partial charge < -0.3 is 20.5 Å². The Kier molecular flexibility index (Phi) is 6.78. The van der Waals surface area contributed by atoms with E-state index in [1.54, 1.807) is 7.11 Å². The number of hydrogen-bond donors (Lipinski definition) is 3. The van der Waals surface area contributed by atoms with E-state index in [-0.39, 0.29) is 6.10 Å². The Morgan fingerprint density at radius 3 is 2.04 bits per heavy atom. The summed E-state index contributed by atoms with van der Waals surface area (Å²) >= 11 is 0. The van der Waals surface area contributed by atoms with Crippen LogP contribution in [0.4, 0.5) is 4.79 Å². The summed E-state index contributed by atoms with van der Waals surface area (Å²) in [6.45, 7) is 1.37. The lowest BCUT2D eigenvalue weighted by Gasteiger charge is -2.10. The Morgan fingerprint density at radius 2 is 1.58 bits per heavy atom. The van der Waals surface area contributed by atoms with Gasteiger partial charge in [-0.3, -0.25) is 0 Å². The third-order valence-corrected chi connectivity index (χ3v) is 3.89. The second-order valence-electron chi connectivity index (χ2n) is 5.48. The molecule has 0 spiro atoms. The number of rotatable bonds is 5. The van der Waals surface area contributed by atoms with E-state index in [0.717, 1.165) is 13.0 Å². The van der Waals surface area contributed by atoms with Gasteiger partial charge in [-0.25, -0.2) is 4.79 Å². The van der Waals surface area contributed by atoms with E-state index in [0.29, 0.717) is 6.54 Å². The number of fused-ring (bicyclic) bond motifs is 3. The van der Waals surface area contributed by atoms with Crippen LogP contribution >= 0.6 is 0 Å². The molecule has 0 atom stereocenters. The fraction of sp³-hybridized carbons (Fsp3) is 0.316. The van der Waals surface area contributed by atoms with Gasteiger partial charge in [-0.05, 0) is 42.3 Å².